The Balaban J connectivity index is 1.46. The van der Waals surface area contributed by atoms with Crippen LogP contribution in [0.3, 0.4) is 0 Å². The Morgan fingerprint density at radius 2 is 1.69 bits per heavy atom. The molecule has 282 valence electrons. The number of nitrogens with zero attached hydrogens (tertiary/aromatic N) is 4. The van der Waals surface area contributed by atoms with Crippen LogP contribution >= 0.6 is 0 Å². The SMILES string of the molecule is CC(C)COC(=O)N[C@H](C(=O)N1C[C@H](C2CCCCC2)CC1C(=O)N[C@@H](CC(F)F)C(=O)NCCc1c(F)cc(-c2nn[nH]n2)cc1F)C(C)C. The monoisotopic (exact) mass is 724 g/mol. The Morgan fingerprint density at radius 1 is 1.00 bits per heavy atom. The Morgan fingerprint density at radius 3 is 2.27 bits per heavy atom. The molecule has 17 heteroatoms. The zero-order valence-electron chi connectivity index (χ0n) is 29.4. The molecule has 0 radical (unpaired) electrons. The number of nitrogens with one attached hydrogen (secondary N) is 4. The van der Waals surface area contributed by atoms with Gasteiger partial charge in [0.05, 0.1) is 6.61 Å². The van der Waals surface area contributed by atoms with Crippen LogP contribution in [0.1, 0.15) is 78.2 Å². The first kappa shape index (κ1) is 39.5. The number of aromatic amines is 1. The van der Waals surface area contributed by atoms with E-state index in [2.05, 4.69) is 36.6 Å². The van der Waals surface area contributed by atoms with Crippen molar-refractivity contribution < 1.29 is 41.5 Å². The number of likely N-dealkylation sites (tertiary alicyclic amines) is 1. The van der Waals surface area contributed by atoms with Crippen molar-refractivity contribution >= 4 is 23.8 Å². The summed E-state index contributed by atoms with van der Waals surface area (Å²) in [6.07, 6.45) is 0.209. The van der Waals surface area contributed by atoms with Crippen molar-refractivity contribution in [3.63, 3.8) is 0 Å². The van der Waals surface area contributed by atoms with Gasteiger partial charge in [0.1, 0.15) is 29.8 Å². The van der Waals surface area contributed by atoms with Gasteiger partial charge in [-0.25, -0.2) is 22.4 Å². The molecule has 0 spiro atoms. The third-order valence-corrected chi connectivity index (χ3v) is 9.46. The summed E-state index contributed by atoms with van der Waals surface area (Å²) in [5.41, 5.74) is -0.315. The number of ether oxygens (including phenoxy) is 1. The second kappa shape index (κ2) is 18.3. The van der Waals surface area contributed by atoms with Crippen LogP contribution in [0.15, 0.2) is 12.1 Å². The molecule has 1 aromatic carbocycles. The Kier molecular flexibility index (Phi) is 14.1. The standard InChI is InChI=1S/C34H48F4N8O5/c1-18(2)17-51-34(50)41-29(19(3)4)33(49)46-16-22(20-8-6-5-7-9-20)14-27(46)32(48)40-26(15-28(37)38)31(47)39-11-10-23-24(35)12-21(13-25(23)36)30-42-44-45-43-30/h12-13,18-20,22,26-29H,5-11,14-17H2,1-4H3,(H,39,47)(H,40,48)(H,41,50)(H,42,43,44,45)/t22-,26+,27?,29+/m1/s1. The number of hydrogen-bond acceptors (Lipinski definition) is 8. The van der Waals surface area contributed by atoms with Gasteiger partial charge < -0.3 is 25.6 Å². The highest BCUT2D eigenvalue weighted by molar-refractivity contribution is 5.94. The lowest BCUT2D eigenvalue weighted by atomic mass is 9.79. The number of alkyl halides is 2. The van der Waals surface area contributed by atoms with E-state index < -0.39 is 66.4 Å². The van der Waals surface area contributed by atoms with Crippen LogP contribution in [0.5, 0.6) is 0 Å². The number of rotatable bonds is 15. The van der Waals surface area contributed by atoms with Crippen LogP contribution in [0.25, 0.3) is 11.4 Å². The number of benzene rings is 1. The van der Waals surface area contributed by atoms with Gasteiger partial charge in [0.25, 0.3) is 0 Å². The maximum atomic E-state index is 14.8. The molecule has 1 aromatic heterocycles. The molecular formula is C34H48F4N8O5. The molecule has 4 N–H and O–H groups in total. The van der Waals surface area contributed by atoms with E-state index in [1.54, 1.807) is 13.8 Å². The van der Waals surface area contributed by atoms with Crippen LogP contribution in [0.4, 0.5) is 22.4 Å². The summed E-state index contributed by atoms with van der Waals surface area (Å²) in [5.74, 6) is -4.21. The molecule has 13 nitrogen and oxygen atoms in total. The van der Waals surface area contributed by atoms with Gasteiger partial charge in [-0.1, -0.05) is 59.8 Å². The minimum absolute atomic E-state index is 0.0223. The van der Waals surface area contributed by atoms with Gasteiger partial charge in [-0.3, -0.25) is 14.4 Å². The van der Waals surface area contributed by atoms with Crippen LogP contribution in [0, 0.1) is 35.3 Å². The average Bonchev–Trinajstić information content (AvgIpc) is 3.78. The van der Waals surface area contributed by atoms with Crippen molar-refractivity contribution in [1.29, 1.82) is 0 Å². The lowest BCUT2D eigenvalue weighted by molar-refractivity contribution is -0.141. The second-order valence-corrected chi connectivity index (χ2v) is 14.1. The number of amides is 4. The van der Waals surface area contributed by atoms with Crippen LogP contribution in [-0.4, -0.2) is 93.6 Å². The summed E-state index contributed by atoms with van der Waals surface area (Å²) in [4.78, 5) is 54.9. The molecule has 4 atom stereocenters. The van der Waals surface area contributed by atoms with E-state index in [1.807, 2.05) is 13.8 Å². The van der Waals surface area contributed by atoms with Crippen molar-refractivity contribution in [3.05, 3.63) is 29.3 Å². The minimum atomic E-state index is -2.98. The molecule has 2 aromatic rings. The van der Waals surface area contributed by atoms with Gasteiger partial charge in [-0.15, -0.1) is 10.2 Å². The van der Waals surface area contributed by atoms with E-state index in [9.17, 15) is 36.7 Å². The first-order chi connectivity index (χ1) is 24.2. The summed E-state index contributed by atoms with van der Waals surface area (Å²) < 4.78 is 62.1. The van der Waals surface area contributed by atoms with Gasteiger partial charge in [-0.05, 0) is 53.9 Å². The summed E-state index contributed by atoms with van der Waals surface area (Å²) in [5, 5.41) is 20.4. The lowest BCUT2D eigenvalue weighted by Gasteiger charge is -2.31. The molecule has 4 amide bonds. The second-order valence-electron chi connectivity index (χ2n) is 14.1. The van der Waals surface area contributed by atoms with Crippen LogP contribution in [0.2, 0.25) is 0 Å². The average molecular weight is 725 g/mol. The Bertz CT molecular complexity index is 1470. The molecule has 4 rings (SSSR count). The Labute approximate surface area is 294 Å². The van der Waals surface area contributed by atoms with E-state index >= 15 is 0 Å². The number of alkyl carbamates (subject to hydrolysis) is 1. The molecule has 2 heterocycles. The zero-order valence-corrected chi connectivity index (χ0v) is 29.4. The van der Waals surface area contributed by atoms with Crippen LogP contribution < -0.4 is 16.0 Å². The van der Waals surface area contributed by atoms with Gasteiger partial charge in [0.2, 0.25) is 30.0 Å². The lowest BCUT2D eigenvalue weighted by Crippen LogP contribution is -2.57. The van der Waals surface area contributed by atoms with Crippen molar-refractivity contribution in [2.24, 2.45) is 23.7 Å². The normalized spacial score (nSPS) is 19.3. The van der Waals surface area contributed by atoms with Gasteiger partial charge in [-0.2, -0.15) is 5.21 Å². The molecule has 51 heavy (non-hydrogen) atoms. The molecule has 1 aliphatic heterocycles. The maximum absolute atomic E-state index is 14.8. The third kappa shape index (κ3) is 10.8. The van der Waals surface area contributed by atoms with Crippen molar-refractivity contribution in [2.45, 2.75) is 104 Å². The first-order valence-corrected chi connectivity index (χ1v) is 17.6. The number of tetrazole rings is 1. The zero-order chi connectivity index (χ0) is 37.2. The minimum Gasteiger partial charge on any atom is -0.449 e. The smallest absolute Gasteiger partial charge is 0.407 e. The molecule has 0 bridgehead atoms. The number of carbonyl (C=O) groups is 4. The fourth-order valence-electron chi connectivity index (χ4n) is 6.78. The molecule has 2 fully saturated rings. The molecule has 1 unspecified atom stereocenters. The van der Waals surface area contributed by atoms with Gasteiger partial charge in [0.15, 0.2) is 0 Å². The number of carbonyl (C=O) groups excluding carboxylic acids is 4. The highest BCUT2D eigenvalue weighted by atomic mass is 19.3. The molecular weight excluding hydrogens is 676 g/mol. The van der Waals surface area contributed by atoms with E-state index in [4.69, 9.17) is 4.74 Å². The van der Waals surface area contributed by atoms with Crippen LogP contribution in [-0.2, 0) is 25.5 Å². The molecule has 2 aliphatic rings. The maximum Gasteiger partial charge on any atom is 0.407 e. The summed E-state index contributed by atoms with van der Waals surface area (Å²) >= 11 is 0. The summed E-state index contributed by atoms with van der Waals surface area (Å²) in [6, 6.07) is -1.77. The van der Waals surface area contributed by atoms with E-state index in [-0.39, 0.29) is 73.2 Å². The van der Waals surface area contributed by atoms with Gasteiger partial charge in [0, 0.05) is 30.6 Å². The number of aromatic nitrogens is 4. The molecule has 1 aliphatic carbocycles. The van der Waals surface area contributed by atoms with E-state index in [0.717, 1.165) is 44.2 Å². The summed E-state index contributed by atoms with van der Waals surface area (Å²) in [7, 11) is 0. The topological polar surface area (TPSA) is 171 Å². The van der Waals surface area contributed by atoms with Crippen molar-refractivity contribution in [3.8, 4) is 11.4 Å². The highest BCUT2D eigenvalue weighted by Gasteiger charge is 2.45. The Hall–Kier alpha value is -4.31. The predicted molar refractivity (Wildman–Crippen MR) is 177 cm³/mol. The first-order valence-electron chi connectivity index (χ1n) is 17.6. The van der Waals surface area contributed by atoms with E-state index in [1.165, 1.54) is 4.90 Å². The largest absolute Gasteiger partial charge is 0.449 e. The number of hydrogen-bond donors (Lipinski definition) is 4. The fourth-order valence-corrected chi connectivity index (χ4v) is 6.78. The van der Waals surface area contributed by atoms with Gasteiger partial charge >= 0.3 is 6.09 Å². The number of H-pyrrole nitrogens is 1. The molecule has 1 saturated carbocycles. The fraction of sp³-hybridized carbons (Fsp3) is 0.676. The van der Waals surface area contributed by atoms with Crippen molar-refractivity contribution in [2.75, 3.05) is 19.7 Å². The third-order valence-electron chi connectivity index (χ3n) is 9.46. The highest BCUT2D eigenvalue weighted by Crippen LogP contribution is 2.38. The number of halogens is 4. The van der Waals surface area contributed by atoms with Crippen molar-refractivity contribution in [1.82, 2.24) is 41.5 Å². The summed E-state index contributed by atoms with van der Waals surface area (Å²) in [6.45, 7) is 7.30. The molecule has 1 saturated heterocycles. The predicted octanol–water partition coefficient (Wildman–Crippen LogP) is 4.15. The van der Waals surface area contributed by atoms with E-state index in [0.29, 0.717) is 0 Å². The quantitative estimate of drug-likeness (QED) is 0.199.